The van der Waals surface area contributed by atoms with Crippen LogP contribution in [0.15, 0.2) is 0 Å². The molecule has 0 unspecified atom stereocenters. The number of phosphoric acid groups is 1. The van der Waals surface area contributed by atoms with Gasteiger partial charge in [0, 0.05) is 0 Å². The molecule has 12 nitrogen and oxygen atoms in total. The molecule has 0 aromatic rings. The van der Waals surface area contributed by atoms with Gasteiger partial charge in [-0.3, -0.25) is 9.41 Å². The SMILES string of the molecule is F.F.O=C(O)C(=O)O.O=C(O)C(=O)O.O=P(O)(O)O.[H-].[Li+]. The van der Waals surface area contributed by atoms with Gasteiger partial charge in [-0.25, -0.2) is 23.7 Å². The van der Waals surface area contributed by atoms with E-state index in [-0.39, 0.29) is 29.7 Å². The number of halogens is 2. The van der Waals surface area contributed by atoms with Crippen molar-refractivity contribution in [2.75, 3.05) is 0 Å². The molecule has 0 radical (unpaired) electrons. The summed E-state index contributed by atoms with van der Waals surface area (Å²) in [5, 5.41) is 29.6. The minimum atomic E-state index is -4.64. The van der Waals surface area contributed by atoms with E-state index in [0.29, 0.717) is 0 Å². The Labute approximate surface area is 121 Å². The van der Waals surface area contributed by atoms with E-state index in [1.54, 1.807) is 0 Å². The maximum Gasteiger partial charge on any atom is 1.00 e. The predicted octanol–water partition coefficient (Wildman–Crippen LogP) is -5.20. The van der Waals surface area contributed by atoms with E-state index in [0.717, 1.165) is 0 Å². The number of rotatable bonds is 0. The van der Waals surface area contributed by atoms with Crippen LogP contribution in [0.4, 0.5) is 9.41 Å². The third-order valence-corrected chi connectivity index (χ3v) is 0.366. The standard InChI is InChI=1S/2C2H2O4.2FH.Li.H3O4P.H/c2*3-1(4)2(5)6;;;;1-5(2,3)4;/h2*(H,3,4)(H,5,6);2*1H;;(H3,1,2,3,4);/q;;;;+1;;-1. The zero-order valence-electron chi connectivity index (χ0n) is 10.4. The Morgan fingerprint density at radius 1 is 0.650 bits per heavy atom. The first-order valence-electron chi connectivity index (χ1n) is 2.99. The van der Waals surface area contributed by atoms with Crippen LogP contribution in [0.1, 0.15) is 1.43 Å². The number of carbonyl (C=O) groups is 4. The molecule has 7 N–H and O–H groups in total. The van der Waals surface area contributed by atoms with Gasteiger partial charge in [0.25, 0.3) is 0 Å². The Morgan fingerprint density at radius 2 is 0.700 bits per heavy atom. The molecule has 0 saturated carbocycles. The summed E-state index contributed by atoms with van der Waals surface area (Å²) < 4.78 is 8.88. The second kappa shape index (κ2) is 17.4. The van der Waals surface area contributed by atoms with E-state index in [9.17, 15) is 0 Å². The molecule has 0 saturated heterocycles. The van der Waals surface area contributed by atoms with Crippen LogP contribution in [-0.2, 0) is 23.7 Å². The van der Waals surface area contributed by atoms with Gasteiger partial charge >= 0.3 is 50.6 Å². The van der Waals surface area contributed by atoms with Crippen LogP contribution in [0.5, 0.6) is 0 Å². The predicted molar refractivity (Wildman–Crippen MR) is 50.9 cm³/mol. The largest absolute Gasteiger partial charge is 1.00 e. The number of carboxylic acids is 4. The molecule has 0 bridgehead atoms. The quantitative estimate of drug-likeness (QED) is 0.126. The molecule has 118 valence electrons. The van der Waals surface area contributed by atoms with E-state index in [2.05, 4.69) is 0 Å². The molecule has 0 atom stereocenters. The molecule has 0 aromatic heterocycles. The summed E-state index contributed by atoms with van der Waals surface area (Å²) in [5.41, 5.74) is 0. The summed E-state index contributed by atoms with van der Waals surface area (Å²) >= 11 is 0. The van der Waals surface area contributed by atoms with E-state index in [4.69, 9.17) is 58.8 Å². The fourth-order valence-electron chi connectivity index (χ4n) is 0. The van der Waals surface area contributed by atoms with Crippen molar-refractivity contribution in [1.29, 1.82) is 0 Å². The Kier molecular flexibility index (Phi) is 31.6. The monoisotopic (exact) mass is 326 g/mol. The fourth-order valence-corrected chi connectivity index (χ4v) is 0. The first-order valence-corrected chi connectivity index (χ1v) is 4.56. The van der Waals surface area contributed by atoms with Gasteiger partial charge < -0.3 is 36.5 Å². The smallest absolute Gasteiger partial charge is 1.00 e. The van der Waals surface area contributed by atoms with Gasteiger partial charge in [0.1, 0.15) is 0 Å². The number of aliphatic carboxylic acids is 4. The first kappa shape index (κ1) is 36.2. The van der Waals surface area contributed by atoms with Crippen molar-refractivity contribution in [3.8, 4) is 0 Å². The van der Waals surface area contributed by atoms with E-state index >= 15 is 0 Å². The molecular formula is C4H10F2LiO12P. The molecule has 0 aromatic carbocycles. The van der Waals surface area contributed by atoms with Gasteiger partial charge in [0.2, 0.25) is 0 Å². The number of hydrogen-bond acceptors (Lipinski definition) is 5. The molecule has 0 aliphatic carbocycles. The van der Waals surface area contributed by atoms with Crippen molar-refractivity contribution in [3.63, 3.8) is 0 Å². The van der Waals surface area contributed by atoms with Crippen LogP contribution in [0, 0.1) is 0 Å². The topological polar surface area (TPSA) is 227 Å². The maximum atomic E-state index is 9.10. The summed E-state index contributed by atoms with van der Waals surface area (Å²) in [6.07, 6.45) is 0. The zero-order chi connectivity index (χ0) is 14.8. The van der Waals surface area contributed by atoms with Crippen LogP contribution < -0.4 is 18.9 Å². The minimum Gasteiger partial charge on any atom is -1.00 e. The second-order valence-corrected chi connectivity index (χ2v) is 2.76. The first-order chi connectivity index (χ1) is 7.29. The third-order valence-electron chi connectivity index (χ3n) is 0.366. The van der Waals surface area contributed by atoms with Crippen molar-refractivity contribution in [3.05, 3.63) is 0 Å². The maximum absolute atomic E-state index is 9.10. The van der Waals surface area contributed by atoms with E-state index in [1.165, 1.54) is 0 Å². The van der Waals surface area contributed by atoms with Gasteiger partial charge in [-0.15, -0.1) is 0 Å². The summed E-state index contributed by atoms with van der Waals surface area (Å²) in [7, 11) is -4.64. The van der Waals surface area contributed by atoms with Gasteiger partial charge in [-0.1, -0.05) is 0 Å². The fraction of sp³-hybridized carbons (Fsp3) is 0. The summed E-state index contributed by atoms with van der Waals surface area (Å²) in [6, 6.07) is 0. The van der Waals surface area contributed by atoms with Gasteiger partial charge in [0.15, 0.2) is 0 Å². The average Bonchev–Trinajstić information content (AvgIpc) is 2.01. The van der Waals surface area contributed by atoms with Gasteiger partial charge in [0.05, 0.1) is 0 Å². The molecule has 0 rings (SSSR count). The molecule has 0 aliphatic heterocycles. The van der Waals surface area contributed by atoms with Crippen LogP contribution in [0.3, 0.4) is 0 Å². The Bertz CT molecular complexity index is 301. The van der Waals surface area contributed by atoms with Gasteiger partial charge in [-0.2, -0.15) is 0 Å². The zero-order valence-corrected chi connectivity index (χ0v) is 10.3. The van der Waals surface area contributed by atoms with Crippen molar-refractivity contribution in [1.82, 2.24) is 0 Å². The molecular weight excluding hydrogens is 316 g/mol. The molecule has 0 aliphatic rings. The summed E-state index contributed by atoms with van der Waals surface area (Å²) in [4.78, 5) is 58.0. The Morgan fingerprint density at radius 3 is 0.700 bits per heavy atom. The molecule has 0 spiro atoms. The molecule has 20 heavy (non-hydrogen) atoms. The molecule has 0 heterocycles. The Hall–Kier alpha value is -1.55. The van der Waals surface area contributed by atoms with Crippen molar-refractivity contribution < 1.29 is 88.5 Å². The summed E-state index contributed by atoms with van der Waals surface area (Å²) in [5.74, 6) is -7.30. The van der Waals surface area contributed by atoms with Gasteiger partial charge in [-0.05, 0) is 0 Å². The van der Waals surface area contributed by atoms with Crippen molar-refractivity contribution in [2.24, 2.45) is 0 Å². The number of hydrogen-bond donors (Lipinski definition) is 7. The average molecular weight is 326 g/mol. The Balaban J connectivity index is -0.0000000257. The van der Waals surface area contributed by atoms with Crippen LogP contribution in [0.2, 0.25) is 0 Å². The van der Waals surface area contributed by atoms with Crippen LogP contribution in [-0.4, -0.2) is 59.0 Å². The van der Waals surface area contributed by atoms with E-state index in [1.807, 2.05) is 0 Å². The molecule has 16 heteroatoms. The van der Waals surface area contributed by atoms with Crippen molar-refractivity contribution >= 4 is 31.7 Å². The third kappa shape index (κ3) is 94.4. The van der Waals surface area contributed by atoms with Crippen molar-refractivity contribution in [2.45, 2.75) is 0 Å². The number of carboxylic acid groups (broad SMARTS) is 4. The second-order valence-electron chi connectivity index (χ2n) is 1.73. The molecule has 0 amide bonds. The summed E-state index contributed by atoms with van der Waals surface area (Å²) in [6.45, 7) is 0. The van der Waals surface area contributed by atoms with E-state index < -0.39 is 31.7 Å². The van der Waals surface area contributed by atoms with Crippen LogP contribution >= 0.6 is 7.82 Å². The normalized spacial score (nSPS) is 7.35. The minimum absolute atomic E-state index is 0. The molecule has 0 fully saturated rings. The van der Waals surface area contributed by atoms with Crippen LogP contribution in [0.25, 0.3) is 0 Å².